The van der Waals surface area contributed by atoms with Crippen molar-refractivity contribution in [1.82, 2.24) is 93.8 Å². The largest absolute Gasteiger partial charge is 0 e. The molecule has 0 saturated heterocycles. The number of fused-ring (bicyclic) bond motifs is 6. The van der Waals surface area contributed by atoms with E-state index >= 15 is 0 Å². The number of hydrogen-bond acceptors (Lipinski definition) is 14. The predicted molar refractivity (Wildman–Crippen MR) is 270 cm³/mol. The first-order valence-electron chi connectivity index (χ1n) is 21.6. The summed E-state index contributed by atoms with van der Waals surface area (Å²) in [4.78, 5) is 50.1. The van der Waals surface area contributed by atoms with Gasteiger partial charge in [0, 0.05) is 219 Å². The molecule has 0 aromatic carbocycles. The second kappa shape index (κ2) is 35.2. The third kappa shape index (κ3) is 19.8. The summed E-state index contributed by atoms with van der Waals surface area (Å²) < 4.78 is 11.5. The molecule has 12 rings (SSSR count). The van der Waals surface area contributed by atoms with Crippen LogP contribution >= 0.6 is 0 Å². The Kier molecular flexibility index (Phi) is 35.2. The van der Waals surface area contributed by atoms with Crippen LogP contribution in [0, 0.1) is 106 Å². The minimum atomic E-state index is 0. The summed E-state index contributed by atoms with van der Waals surface area (Å²) in [5.74, 6) is 3.14. The molecule has 0 N–H and O–H groups in total. The zero-order valence-electron chi connectivity index (χ0n) is 44.9. The second-order valence-electron chi connectivity index (χ2n) is 16.1. The van der Waals surface area contributed by atoms with Crippen molar-refractivity contribution in [3.63, 3.8) is 0 Å². The molecule has 30 heteroatoms. The van der Waals surface area contributed by atoms with E-state index in [1.807, 2.05) is 120 Å². The van der Waals surface area contributed by atoms with E-state index in [4.69, 9.17) is 0 Å². The summed E-state index contributed by atoms with van der Waals surface area (Å²) in [5, 5.41) is 12.2. The van der Waals surface area contributed by atoms with Crippen LogP contribution in [0.25, 0.3) is 66.2 Å². The van der Waals surface area contributed by atoms with Crippen LogP contribution in [0.4, 0.5) is 0 Å². The average Bonchev–Trinajstić information content (AvgIpc) is 4.18. The van der Waals surface area contributed by atoms with Crippen molar-refractivity contribution >= 4 is 123 Å². The number of aryl methyl sites for hydroxylation is 12. The van der Waals surface area contributed by atoms with Crippen LogP contribution in [0.5, 0.6) is 0 Å². The number of hydrogen-bond donors (Lipinski definition) is 0. The van der Waals surface area contributed by atoms with Gasteiger partial charge in [0.2, 0.25) is 0 Å². The van der Waals surface area contributed by atoms with Crippen molar-refractivity contribution in [3.8, 4) is 0 Å². The van der Waals surface area contributed by atoms with Gasteiger partial charge in [-0.25, -0.2) is 16.6 Å². The van der Waals surface area contributed by atoms with Gasteiger partial charge < -0.3 is 43.7 Å². The monoisotopic (exact) mass is 1990 g/mol. The minimum Gasteiger partial charge on any atom is 0 e. The van der Waals surface area contributed by atoms with Gasteiger partial charge in [-0.2, -0.15) is 6.20 Å². The Labute approximate surface area is 615 Å². The maximum atomic E-state index is 4.36. The smallest absolute Gasteiger partial charge is 0 e. The molecule has 0 aliphatic carbocycles. The molecule has 0 amide bonds. The predicted octanol–water partition coefficient (Wildman–Crippen LogP) is 2.54. The average molecular weight is 2000 g/mol. The van der Waals surface area contributed by atoms with Crippen LogP contribution in [-0.4, -0.2) is 150 Å². The molecule has 0 spiro atoms. The molecule has 20 nitrogen and oxygen atoms in total. The third-order valence-electron chi connectivity index (χ3n) is 10.5. The molecular formula is C46H48Ga3N20W3Y4-7. The van der Waals surface area contributed by atoms with Crippen molar-refractivity contribution < 1.29 is 194 Å². The van der Waals surface area contributed by atoms with E-state index in [1.165, 1.54) is 5.52 Å². The topological polar surface area (TPSA) is 210 Å². The molecule has 0 saturated carbocycles. The molecule has 0 aliphatic heterocycles. The number of aromatic nitrogens is 20. The van der Waals surface area contributed by atoms with Gasteiger partial charge in [-0.15, -0.1) is 29.5 Å². The fraction of sp³-hybridized carbons (Fsp3) is 0.261. The Balaban J connectivity index is 0.000000872. The standard InChI is InChI=1S/4C8H7N3.2C7H7N4.3Ga.3W.4Y.6H/c1-6-3-8-7(4-9-6)10-5-11(8)2;1-5-3-7-8(6(2)11-5)10-4-9-7;1-6-9-5-7-3-4-11(2)8(7)10-6;1-5-7-3-4-9-8(7)11-6(2)10-5;1-5-8-3-6-4-9-11(2)7(6)10-5;1-4-6-3-8-11-7(6)10-5(2)9-4;;;;;;;;;;;;;;;;/h4*3H,1-2H3;4H,1-2H3;3H,1-2H3;;;;;;;;;;;;;;;;/q4*-2;2*-1;3*+1;;;;;;;;;;;;;. The third-order valence-corrected chi connectivity index (χ3v) is 14.7. The van der Waals surface area contributed by atoms with Crippen LogP contribution in [0.2, 0.25) is 0 Å². The fourth-order valence-corrected chi connectivity index (χ4v) is 9.87. The molecule has 12 heterocycles. The summed E-state index contributed by atoms with van der Waals surface area (Å²) in [6.45, 7) is 17.5. The van der Waals surface area contributed by atoms with Gasteiger partial charge in [0.25, 0.3) is 0 Å². The van der Waals surface area contributed by atoms with Gasteiger partial charge in [-0.05, 0) is 46.0 Å². The van der Waals surface area contributed by atoms with E-state index in [2.05, 4.69) is 126 Å². The first-order valence-corrected chi connectivity index (χ1v) is 27.2. The van der Waals surface area contributed by atoms with Crippen molar-refractivity contribution in [1.29, 1.82) is 0 Å². The molecule has 0 unspecified atom stereocenters. The van der Waals surface area contributed by atoms with Gasteiger partial charge in [0.15, 0.2) is 0 Å². The molecule has 0 atom stereocenters. The van der Waals surface area contributed by atoms with Crippen LogP contribution in [0.3, 0.4) is 0 Å². The number of nitrogens with zero attached hydrogens (tertiary/aromatic N) is 20. The fourth-order valence-electron chi connectivity index (χ4n) is 7.00. The summed E-state index contributed by atoms with van der Waals surface area (Å²) >= 11 is 1.66. The minimum absolute atomic E-state index is 0. The van der Waals surface area contributed by atoms with Gasteiger partial charge in [-0.1, -0.05) is 18.0 Å². The molecular weight excluding hydrogens is 1950 g/mol. The Morgan fingerprint density at radius 3 is 1.68 bits per heavy atom. The van der Waals surface area contributed by atoms with E-state index in [-0.39, 0.29) is 194 Å². The van der Waals surface area contributed by atoms with Crippen molar-refractivity contribution in [2.45, 2.75) is 62.3 Å². The van der Waals surface area contributed by atoms with Gasteiger partial charge in [0.05, 0.1) is 5.65 Å². The molecule has 4 radical (unpaired) electrons. The molecule has 12 aromatic rings. The summed E-state index contributed by atoms with van der Waals surface area (Å²) in [5.41, 5.74) is 12.8. The molecule has 0 fully saturated rings. The Morgan fingerprint density at radius 2 is 1.03 bits per heavy atom. The maximum Gasteiger partial charge on any atom is 0 e. The van der Waals surface area contributed by atoms with Crippen LogP contribution < -0.4 is 0 Å². The quantitative estimate of drug-likeness (QED) is 0.158. The Bertz CT molecular complexity index is 3380. The second-order valence-corrected chi connectivity index (χ2v) is 21.7. The van der Waals surface area contributed by atoms with Gasteiger partial charge in [-0.3, -0.25) is 0 Å². The van der Waals surface area contributed by atoms with Crippen molar-refractivity contribution in [2.75, 3.05) is 0 Å². The van der Waals surface area contributed by atoms with E-state index < -0.39 is 0 Å². The Morgan fingerprint density at radius 1 is 0.447 bits per heavy atom. The molecule has 0 bridgehead atoms. The number of pyridine rings is 2. The molecule has 12 aromatic heterocycles. The normalized spacial score (nSPS) is 9.79. The van der Waals surface area contributed by atoms with E-state index in [9.17, 15) is 0 Å². The maximum absolute atomic E-state index is 4.36. The zero-order valence-corrected chi connectivity index (χ0v) is 77.7. The molecule has 378 valence electrons. The number of rotatable bonds is 0. The van der Waals surface area contributed by atoms with Gasteiger partial charge >= 0.3 is 241 Å². The first kappa shape index (κ1) is 76.0. The van der Waals surface area contributed by atoms with Crippen molar-refractivity contribution in [2.24, 2.45) is 21.1 Å². The van der Waals surface area contributed by atoms with Crippen molar-refractivity contribution in [3.05, 3.63) is 132 Å². The zero-order chi connectivity index (χ0) is 49.7. The van der Waals surface area contributed by atoms with Crippen LogP contribution in [-0.2, 0) is 215 Å². The van der Waals surface area contributed by atoms with E-state index in [0.29, 0.717) is 56.5 Å². The Hall–Kier alpha value is -0.0304. The van der Waals surface area contributed by atoms with Gasteiger partial charge in [0.1, 0.15) is 0 Å². The van der Waals surface area contributed by atoms with E-state index in [0.717, 1.165) is 112 Å². The SMILES string of the molecule is Cc1cc2c([c-]n1)n[c-]n2C.Cc1cc2c(n[c-][n]2[GaH2])c(C)n1.Cc1n[c-]c2c[c-]n(C)c2n1.Cc1n[c-]c2cnn(C)c2n1.Cc1nc(C)c2c[c-][n]([GaH2])c2n1.Cc1nc(C)c2cn[n]([GaH2])c2n1.[W].[W].[W].[Y].[Y].[Y].[Y]. The molecule has 76 heavy (non-hydrogen) atoms. The summed E-state index contributed by atoms with van der Waals surface area (Å²) in [7, 11) is 5.66. The first-order chi connectivity index (χ1) is 32.9. The molecule has 0 aliphatic rings. The summed E-state index contributed by atoms with van der Waals surface area (Å²) in [6.07, 6.45) is 24.0. The van der Waals surface area contributed by atoms with E-state index in [1.54, 1.807) is 10.9 Å². The van der Waals surface area contributed by atoms with Crippen LogP contribution in [0.1, 0.15) is 51.8 Å². The number of imidazole rings is 2. The van der Waals surface area contributed by atoms with Crippen LogP contribution in [0.15, 0.2) is 36.7 Å². The summed E-state index contributed by atoms with van der Waals surface area (Å²) in [6, 6.07) is 7.83.